The summed E-state index contributed by atoms with van der Waals surface area (Å²) >= 11 is 6.17. The van der Waals surface area contributed by atoms with E-state index in [2.05, 4.69) is 13.8 Å². The quantitative estimate of drug-likeness (QED) is 0.836. The molecule has 1 saturated carbocycles. The zero-order valence-corrected chi connectivity index (χ0v) is 11.4. The van der Waals surface area contributed by atoms with Crippen LogP contribution < -0.4 is 0 Å². The van der Waals surface area contributed by atoms with Crippen LogP contribution in [0.1, 0.15) is 45.1 Å². The van der Waals surface area contributed by atoms with Gasteiger partial charge in [-0.2, -0.15) is 0 Å². The van der Waals surface area contributed by atoms with Crippen LogP contribution in [0, 0.1) is 5.41 Å². The highest BCUT2D eigenvalue weighted by Crippen LogP contribution is 2.42. The Kier molecular flexibility index (Phi) is 3.51. The fourth-order valence-corrected chi connectivity index (χ4v) is 3.31. The molecule has 0 radical (unpaired) electrons. The standard InChI is InChI=1S/C15H21ClO/c1-14(2)8-5-9-15(17,11-14)10-12-6-3-4-7-13(12)16/h3-4,6-7,17H,5,8-11H2,1-2H3. The molecule has 17 heavy (non-hydrogen) atoms. The van der Waals surface area contributed by atoms with E-state index >= 15 is 0 Å². The van der Waals surface area contributed by atoms with E-state index < -0.39 is 5.60 Å². The van der Waals surface area contributed by atoms with Gasteiger partial charge < -0.3 is 5.11 Å². The second-order valence-electron chi connectivity index (χ2n) is 6.19. The lowest BCUT2D eigenvalue weighted by Gasteiger charge is -2.41. The minimum Gasteiger partial charge on any atom is -0.390 e. The summed E-state index contributed by atoms with van der Waals surface area (Å²) in [5, 5.41) is 11.5. The van der Waals surface area contributed by atoms with Crippen molar-refractivity contribution in [3.05, 3.63) is 34.9 Å². The van der Waals surface area contributed by atoms with Crippen LogP contribution in [0.4, 0.5) is 0 Å². The Balaban J connectivity index is 2.15. The first kappa shape index (κ1) is 12.9. The molecule has 1 nitrogen and oxygen atoms in total. The molecule has 1 N–H and O–H groups in total. The Labute approximate surface area is 109 Å². The lowest BCUT2D eigenvalue weighted by atomic mass is 9.68. The fourth-order valence-electron chi connectivity index (χ4n) is 3.11. The van der Waals surface area contributed by atoms with E-state index in [1.54, 1.807) is 0 Å². The molecule has 1 aromatic carbocycles. The zero-order chi connectivity index (χ0) is 12.5. The molecule has 1 unspecified atom stereocenters. The first-order chi connectivity index (χ1) is 7.90. The highest BCUT2D eigenvalue weighted by Gasteiger charge is 2.38. The van der Waals surface area contributed by atoms with Crippen molar-refractivity contribution >= 4 is 11.6 Å². The van der Waals surface area contributed by atoms with Crippen LogP contribution in [0.25, 0.3) is 0 Å². The maximum Gasteiger partial charge on any atom is 0.0693 e. The van der Waals surface area contributed by atoms with Crippen LogP contribution in [0.5, 0.6) is 0 Å². The second-order valence-corrected chi connectivity index (χ2v) is 6.59. The third-order valence-corrected chi connectivity index (χ3v) is 4.15. The number of halogens is 1. The molecule has 2 heteroatoms. The molecule has 0 spiro atoms. The van der Waals surface area contributed by atoms with Crippen molar-refractivity contribution in [2.24, 2.45) is 5.41 Å². The lowest BCUT2D eigenvalue weighted by Crippen LogP contribution is -2.40. The third kappa shape index (κ3) is 3.23. The van der Waals surface area contributed by atoms with Crippen molar-refractivity contribution in [1.29, 1.82) is 0 Å². The lowest BCUT2D eigenvalue weighted by molar-refractivity contribution is -0.0381. The molecule has 1 fully saturated rings. The molecule has 0 amide bonds. The Hall–Kier alpha value is -0.530. The predicted molar refractivity (Wildman–Crippen MR) is 72.4 cm³/mol. The first-order valence-electron chi connectivity index (χ1n) is 6.36. The van der Waals surface area contributed by atoms with Gasteiger partial charge in [-0.3, -0.25) is 0 Å². The van der Waals surface area contributed by atoms with E-state index in [0.717, 1.165) is 29.8 Å². The molecule has 0 aliphatic heterocycles. The summed E-state index contributed by atoms with van der Waals surface area (Å²) in [6.45, 7) is 4.48. The van der Waals surface area contributed by atoms with E-state index in [1.807, 2.05) is 24.3 Å². The van der Waals surface area contributed by atoms with Gasteiger partial charge in [-0.25, -0.2) is 0 Å². The summed E-state index contributed by atoms with van der Waals surface area (Å²) in [5.74, 6) is 0. The van der Waals surface area contributed by atoms with Gasteiger partial charge in [-0.05, 0) is 36.3 Å². The van der Waals surface area contributed by atoms with Crippen LogP contribution in [0.3, 0.4) is 0 Å². The summed E-state index contributed by atoms with van der Waals surface area (Å²) in [4.78, 5) is 0. The Morgan fingerprint density at radius 3 is 2.59 bits per heavy atom. The average molecular weight is 253 g/mol. The van der Waals surface area contributed by atoms with Crippen LogP contribution in [-0.4, -0.2) is 10.7 Å². The molecule has 0 bridgehead atoms. The third-order valence-electron chi connectivity index (χ3n) is 3.78. The zero-order valence-electron chi connectivity index (χ0n) is 10.7. The van der Waals surface area contributed by atoms with E-state index in [4.69, 9.17) is 11.6 Å². The van der Waals surface area contributed by atoms with Crippen molar-refractivity contribution in [3.8, 4) is 0 Å². The molecule has 0 aromatic heterocycles. The second kappa shape index (κ2) is 4.62. The Bertz CT molecular complexity index is 400. The van der Waals surface area contributed by atoms with Crippen molar-refractivity contribution in [3.63, 3.8) is 0 Å². The molecule has 94 valence electrons. The van der Waals surface area contributed by atoms with Gasteiger partial charge in [0.2, 0.25) is 0 Å². The van der Waals surface area contributed by atoms with Crippen molar-refractivity contribution in [2.45, 2.75) is 51.6 Å². The van der Waals surface area contributed by atoms with Gasteiger partial charge in [0.15, 0.2) is 0 Å². The highest BCUT2D eigenvalue weighted by molar-refractivity contribution is 6.31. The summed E-state index contributed by atoms with van der Waals surface area (Å²) in [6, 6.07) is 7.83. The van der Waals surface area contributed by atoms with Gasteiger partial charge in [-0.1, -0.05) is 50.1 Å². The summed E-state index contributed by atoms with van der Waals surface area (Å²) in [5.41, 5.74) is 0.732. The molecule has 1 aliphatic rings. The molecular weight excluding hydrogens is 232 g/mol. The average Bonchev–Trinajstić information content (AvgIpc) is 2.19. The van der Waals surface area contributed by atoms with Gasteiger partial charge in [0.25, 0.3) is 0 Å². The van der Waals surface area contributed by atoms with E-state index in [0.29, 0.717) is 6.42 Å². The van der Waals surface area contributed by atoms with Gasteiger partial charge in [-0.15, -0.1) is 0 Å². The Morgan fingerprint density at radius 1 is 1.24 bits per heavy atom. The van der Waals surface area contributed by atoms with Crippen LogP contribution in [0.2, 0.25) is 5.02 Å². The minimum absolute atomic E-state index is 0.244. The largest absolute Gasteiger partial charge is 0.390 e. The molecular formula is C15H21ClO. The minimum atomic E-state index is -0.577. The summed E-state index contributed by atoms with van der Waals surface area (Å²) < 4.78 is 0. The van der Waals surface area contributed by atoms with E-state index in [9.17, 15) is 5.11 Å². The smallest absolute Gasteiger partial charge is 0.0693 e. The van der Waals surface area contributed by atoms with Gasteiger partial charge in [0.05, 0.1) is 5.60 Å². The number of hydrogen-bond donors (Lipinski definition) is 1. The van der Waals surface area contributed by atoms with Crippen molar-refractivity contribution in [2.75, 3.05) is 0 Å². The van der Waals surface area contributed by atoms with Crippen LogP contribution in [0.15, 0.2) is 24.3 Å². The number of aliphatic hydroxyl groups is 1. The molecule has 1 aliphatic carbocycles. The van der Waals surface area contributed by atoms with E-state index in [-0.39, 0.29) is 5.41 Å². The monoisotopic (exact) mass is 252 g/mol. The van der Waals surface area contributed by atoms with Crippen molar-refractivity contribution < 1.29 is 5.11 Å². The molecule has 1 atom stereocenters. The summed E-state index contributed by atoms with van der Waals surface area (Å²) in [7, 11) is 0. The maximum atomic E-state index is 10.7. The fraction of sp³-hybridized carbons (Fsp3) is 0.600. The summed E-state index contributed by atoms with van der Waals surface area (Å²) in [6.07, 6.45) is 4.74. The normalized spacial score (nSPS) is 28.0. The predicted octanol–water partition coefficient (Wildman–Crippen LogP) is 4.21. The molecule has 2 rings (SSSR count). The first-order valence-corrected chi connectivity index (χ1v) is 6.74. The Morgan fingerprint density at radius 2 is 1.94 bits per heavy atom. The number of rotatable bonds is 2. The van der Waals surface area contributed by atoms with Gasteiger partial charge in [0.1, 0.15) is 0 Å². The highest BCUT2D eigenvalue weighted by atomic mass is 35.5. The van der Waals surface area contributed by atoms with Crippen LogP contribution >= 0.6 is 11.6 Å². The molecule has 0 heterocycles. The van der Waals surface area contributed by atoms with Crippen molar-refractivity contribution in [1.82, 2.24) is 0 Å². The molecule has 0 saturated heterocycles. The van der Waals surface area contributed by atoms with E-state index in [1.165, 1.54) is 6.42 Å². The topological polar surface area (TPSA) is 20.2 Å². The number of benzene rings is 1. The van der Waals surface area contributed by atoms with Gasteiger partial charge >= 0.3 is 0 Å². The molecule has 1 aromatic rings. The van der Waals surface area contributed by atoms with Gasteiger partial charge in [0, 0.05) is 11.4 Å². The number of hydrogen-bond acceptors (Lipinski definition) is 1. The van der Waals surface area contributed by atoms with Crippen LogP contribution in [-0.2, 0) is 6.42 Å². The SMILES string of the molecule is CC1(C)CCCC(O)(Cc2ccccc2Cl)C1. The maximum absolute atomic E-state index is 10.7.